The number of nitrogens with one attached hydrogen (secondary N) is 3. The van der Waals surface area contributed by atoms with E-state index in [9.17, 15) is 0 Å². The summed E-state index contributed by atoms with van der Waals surface area (Å²) < 4.78 is 0. The zero-order valence-electron chi connectivity index (χ0n) is 4.64. The number of rotatable bonds is 1. The smallest absolute Gasteiger partial charge is 0.189 e. The van der Waals surface area contributed by atoms with Gasteiger partial charge in [-0.3, -0.25) is 5.73 Å². The number of aromatic amines is 1. The van der Waals surface area contributed by atoms with Gasteiger partial charge in [0.15, 0.2) is 5.11 Å². The number of H-pyrrole nitrogens is 1. The maximum absolute atomic E-state index is 6.86. The standard InChI is InChI=1S/C5H6N3S/c6-5(9)8-4-1-2-7-3-4/h1-3,6-7H,(H,8,9). The fourth-order valence-electron chi connectivity index (χ4n) is 0.533. The van der Waals surface area contributed by atoms with Gasteiger partial charge in [0.25, 0.3) is 0 Å². The molecule has 0 spiro atoms. The molecule has 9 heavy (non-hydrogen) atoms. The van der Waals surface area contributed by atoms with Crippen LogP contribution in [-0.2, 0) is 0 Å². The van der Waals surface area contributed by atoms with Gasteiger partial charge in [-0.2, -0.15) is 0 Å². The molecule has 0 aromatic carbocycles. The molecule has 1 radical (unpaired) electrons. The van der Waals surface area contributed by atoms with Crippen molar-refractivity contribution in [3.05, 3.63) is 18.5 Å². The molecule has 3 N–H and O–H groups in total. The minimum Gasteiger partial charge on any atom is -0.366 e. The first-order chi connectivity index (χ1) is 4.29. The molecule has 0 aliphatic heterocycles. The zero-order valence-corrected chi connectivity index (χ0v) is 5.46. The molecule has 0 aliphatic carbocycles. The summed E-state index contributed by atoms with van der Waals surface area (Å²) in [5.74, 6) is 0. The van der Waals surface area contributed by atoms with Crippen molar-refractivity contribution in [2.45, 2.75) is 0 Å². The van der Waals surface area contributed by atoms with Crippen molar-refractivity contribution < 1.29 is 0 Å². The summed E-state index contributed by atoms with van der Waals surface area (Å²) in [6.45, 7) is 0. The van der Waals surface area contributed by atoms with Crippen LogP contribution in [0.25, 0.3) is 0 Å². The van der Waals surface area contributed by atoms with E-state index in [2.05, 4.69) is 22.5 Å². The first-order valence-corrected chi connectivity index (χ1v) is 2.85. The summed E-state index contributed by atoms with van der Waals surface area (Å²) in [4.78, 5) is 2.83. The number of thiocarbonyl (C=S) groups is 1. The van der Waals surface area contributed by atoms with Gasteiger partial charge in [-0.15, -0.1) is 0 Å². The Morgan fingerprint density at radius 3 is 3.00 bits per heavy atom. The summed E-state index contributed by atoms with van der Waals surface area (Å²) in [5, 5.41) is 2.69. The maximum Gasteiger partial charge on any atom is 0.189 e. The van der Waals surface area contributed by atoms with Gasteiger partial charge in [0.05, 0.1) is 5.69 Å². The lowest BCUT2D eigenvalue weighted by Crippen LogP contribution is -2.07. The lowest BCUT2D eigenvalue weighted by molar-refractivity contribution is 1.41. The molecule has 0 saturated heterocycles. The van der Waals surface area contributed by atoms with E-state index in [1.807, 2.05) is 0 Å². The van der Waals surface area contributed by atoms with Crippen LogP contribution in [0.2, 0.25) is 0 Å². The summed E-state index contributed by atoms with van der Waals surface area (Å²) in [5.41, 5.74) is 7.69. The maximum atomic E-state index is 6.86. The van der Waals surface area contributed by atoms with Gasteiger partial charge in [0, 0.05) is 12.4 Å². The van der Waals surface area contributed by atoms with Crippen molar-refractivity contribution in [1.82, 2.24) is 10.7 Å². The molecule has 0 atom stereocenters. The molecule has 47 valence electrons. The molecular formula is C5H6N3S. The highest BCUT2D eigenvalue weighted by molar-refractivity contribution is 7.80. The fraction of sp³-hybridized carbons (Fsp3) is 0. The third-order valence-corrected chi connectivity index (χ3v) is 0.958. The predicted molar refractivity (Wildman–Crippen MR) is 40.1 cm³/mol. The average molecular weight is 140 g/mol. The van der Waals surface area contributed by atoms with Gasteiger partial charge < -0.3 is 10.3 Å². The van der Waals surface area contributed by atoms with E-state index in [1.165, 1.54) is 0 Å². The van der Waals surface area contributed by atoms with Crippen LogP contribution in [-0.4, -0.2) is 10.1 Å². The Bertz CT molecular complexity index is 192. The van der Waals surface area contributed by atoms with Crippen molar-refractivity contribution in [2.24, 2.45) is 0 Å². The quantitative estimate of drug-likeness (QED) is 0.571. The molecule has 0 unspecified atom stereocenters. The molecule has 0 saturated carbocycles. The second-order valence-electron chi connectivity index (χ2n) is 1.55. The van der Waals surface area contributed by atoms with Crippen molar-refractivity contribution in [3.8, 4) is 0 Å². The molecule has 1 rings (SSSR count). The van der Waals surface area contributed by atoms with E-state index in [4.69, 9.17) is 5.73 Å². The zero-order chi connectivity index (χ0) is 6.69. The van der Waals surface area contributed by atoms with Crippen LogP contribution in [0.15, 0.2) is 18.5 Å². The Morgan fingerprint density at radius 2 is 2.56 bits per heavy atom. The van der Waals surface area contributed by atoms with Crippen LogP contribution in [0.3, 0.4) is 0 Å². The molecule has 0 amide bonds. The van der Waals surface area contributed by atoms with Gasteiger partial charge in [-0.25, -0.2) is 0 Å². The van der Waals surface area contributed by atoms with Crippen LogP contribution >= 0.6 is 12.2 Å². The Balaban J connectivity index is 2.58. The molecule has 0 bridgehead atoms. The molecule has 0 aliphatic rings. The van der Waals surface area contributed by atoms with E-state index in [0.717, 1.165) is 5.69 Å². The van der Waals surface area contributed by atoms with Gasteiger partial charge in [0.2, 0.25) is 0 Å². The second kappa shape index (κ2) is 2.50. The van der Waals surface area contributed by atoms with Crippen molar-refractivity contribution >= 4 is 23.0 Å². The van der Waals surface area contributed by atoms with Gasteiger partial charge in [0.1, 0.15) is 0 Å². The average Bonchev–Trinajstić information content (AvgIpc) is 2.15. The normalized spacial score (nSPS) is 8.89. The van der Waals surface area contributed by atoms with Gasteiger partial charge >= 0.3 is 0 Å². The van der Waals surface area contributed by atoms with Crippen LogP contribution < -0.4 is 11.1 Å². The summed E-state index contributed by atoms with van der Waals surface area (Å²) in [6, 6.07) is 1.81. The lowest BCUT2D eigenvalue weighted by atomic mass is 10.5. The monoisotopic (exact) mass is 140 g/mol. The van der Waals surface area contributed by atoms with Crippen LogP contribution in [0.5, 0.6) is 0 Å². The van der Waals surface area contributed by atoms with E-state index >= 15 is 0 Å². The number of hydrogen-bond acceptors (Lipinski definition) is 1. The van der Waals surface area contributed by atoms with Crippen molar-refractivity contribution in [3.63, 3.8) is 0 Å². The topological polar surface area (TPSA) is 51.6 Å². The van der Waals surface area contributed by atoms with E-state index in [1.54, 1.807) is 18.5 Å². The molecule has 0 fully saturated rings. The van der Waals surface area contributed by atoms with Crippen LogP contribution in [0, 0.1) is 0 Å². The Labute approximate surface area is 58.3 Å². The van der Waals surface area contributed by atoms with Crippen molar-refractivity contribution in [2.75, 3.05) is 5.32 Å². The Hall–Kier alpha value is -1.03. The van der Waals surface area contributed by atoms with Gasteiger partial charge in [-0.05, 0) is 18.3 Å². The van der Waals surface area contributed by atoms with Crippen LogP contribution in [0.4, 0.5) is 5.69 Å². The largest absolute Gasteiger partial charge is 0.366 e. The highest BCUT2D eigenvalue weighted by Gasteiger charge is 1.89. The minimum atomic E-state index is 0.0367. The van der Waals surface area contributed by atoms with Crippen molar-refractivity contribution in [1.29, 1.82) is 0 Å². The summed E-state index contributed by atoms with van der Waals surface area (Å²) in [7, 11) is 0. The minimum absolute atomic E-state index is 0.0367. The molecule has 1 aromatic rings. The fourth-order valence-corrected chi connectivity index (χ4v) is 0.651. The lowest BCUT2D eigenvalue weighted by Gasteiger charge is -1.94. The highest BCUT2D eigenvalue weighted by Crippen LogP contribution is 2.01. The van der Waals surface area contributed by atoms with Gasteiger partial charge in [-0.1, -0.05) is 0 Å². The van der Waals surface area contributed by atoms with E-state index < -0.39 is 0 Å². The first kappa shape index (κ1) is 6.10. The van der Waals surface area contributed by atoms with E-state index in [0.29, 0.717) is 0 Å². The van der Waals surface area contributed by atoms with E-state index in [-0.39, 0.29) is 5.11 Å². The third-order valence-electron chi connectivity index (χ3n) is 0.856. The Morgan fingerprint density at radius 1 is 1.78 bits per heavy atom. The predicted octanol–water partition coefficient (Wildman–Crippen LogP) is 0.994. The molecule has 1 heterocycles. The number of aromatic nitrogens is 1. The SMILES string of the molecule is [NH]C(=S)Nc1cc[nH]c1. The Kier molecular flexibility index (Phi) is 1.69. The third kappa shape index (κ3) is 1.73. The molecular weight excluding hydrogens is 134 g/mol. The first-order valence-electron chi connectivity index (χ1n) is 2.44. The molecule has 3 nitrogen and oxygen atoms in total. The summed E-state index contributed by atoms with van der Waals surface area (Å²) in [6.07, 6.45) is 3.50. The highest BCUT2D eigenvalue weighted by atomic mass is 32.1. The van der Waals surface area contributed by atoms with Crippen LogP contribution in [0.1, 0.15) is 0 Å². The molecule has 1 aromatic heterocycles. The number of hydrogen-bond donors (Lipinski definition) is 2. The number of anilines is 1. The summed E-state index contributed by atoms with van der Waals surface area (Å²) >= 11 is 4.49. The molecule has 4 heteroatoms. The second-order valence-corrected chi connectivity index (χ2v) is 1.96.